The van der Waals surface area contributed by atoms with Gasteiger partial charge in [0, 0.05) is 17.7 Å². The molecule has 168 valence electrons. The summed E-state index contributed by atoms with van der Waals surface area (Å²) in [6.45, 7) is 0. The van der Waals surface area contributed by atoms with E-state index in [0.29, 0.717) is 24.0 Å². The van der Waals surface area contributed by atoms with Crippen LogP contribution < -0.4 is 15.4 Å². The minimum atomic E-state index is -4.79. The molecule has 0 bridgehead atoms. The molecule has 2 N–H and O–H groups in total. The number of allylic oxidation sites excluding steroid dienone is 1. The van der Waals surface area contributed by atoms with Crippen molar-refractivity contribution in [1.29, 1.82) is 0 Å². The lowest BCUT2D eigenvalue weighted by Crippen LogP contribution is -2.27. The van der Waals surface area contributed by atoms with E-state index in [2.05, 4.69) is 15.4 Å². The maximum absolute atomic E-state index is 13.5. The van der Waals surface area contributed by atoms with Crippen LogP contribution in [-0.2, 0) is 4.79 Å². The molecule has 1 aliphatic carbocycles. The first-order valence-electron chi connectivity index (χ1n) is 10.7. The van der Waals surface area contributed by atoms with Gasteiger partial charge in [-0.2, -0.15) is 0 Å². The summed E-state index contributed by atoms with van der Waals surface area (Å²) in [5.74, 6) is -0.333. The number of hydrogen-bond donors (Lipinski definition) is 2. The van der Waals surface area contributed by atoms with E-state index in [9.17, 15) is 18.0 Å². The Bertz CT molecular complexity index is 1220. The van der Waals surface area contributed by atoms with Crippen molar-refractivity contribution in [3.63, 3.8) is 0 Å². The van der Waals surface area contributed by atoms with Gasteiger partial charge in [-0.25, -0.2) is 0 Å². The predicted molar refractivity (Wildman–Crippen MR) is 120 cm³/mol. The maximum Gasteiger partial charge on any atom is 0.573 e. The first kappa shape index (κ1) is 21.1. The van der Waals surface area contributed by atoms with Crippen LogP contribution in [0, 0.1) is 0 Å². The highest BCUT2D eigenvalue weighted by atomic mass is 19.4. The average molecular weight is 450 g/mol. The van der Waals surface area contributed by atoms with Gasteiger partial charge in [-0.1, -0.05) is 54.6 Å². The van der Waals surface area contributed by atoms with Gasteiger partial charge in [-0.15, -0.1) is 13.2 Å². The Kier molecular flexibility index (Phi) is 5.32. The number of alkyl halides is 3. The summed E-state index contributed by atoms with van der Waals surface area (Å²) >= 11 is 0. The normalized spacial score (nSPS) is 20.2. The third kappa shape index (κ3) is 4.44. The van der Waals surface area contributed by atoms with E-state index >= 15 is 0 Å². The van der Waals surface area contributed by atoms with Crippen LogP contribution in [-0.4, -0.2) is 12.1 Å². The second-order valence-electron chi connectivity index (χ2n) is 8.20. The Morgan fingerprint density at radius 1 is 0.818 bits per heavy atom. The number of rotatable bonds is 3. The van der Waals surface area contributed by atoms with Gasteiger partial charge in [0.05, 0.1) is 17.4 Å². The van der Waals surface area contributed by atoms with Crippen molar-refractivity contribution in [2.24, 2.45) is 0 Å². The molecule has 0 amide bonds. The van der Waals surface area contributed by atoms with Crippen molar-refractivity contribution in [2.75, 3.05) is 10.6 Å². The van der Waals surface area contributed by atoms with Crippen LogP contribution in [0.2, 0.25) is 0 Å². The molecule has 33 heavy (non-hydrogen) atoms. The lowest BCUT2D eigenvalue weighted by Gasteiger charge is -2.30. The number of carbonyl (C=O) groups is 1. The summed E-state index contributed by atoms with van der Waals surface area (Å²) in [5.41, 5.74) is 4.52. The van der Waals surface area contributed by atoms with Crippen LogP contribution in [0.15, 0.2) is 90.1 Å². The molecule has 0 saturated heterocycles. The third-order valence-corrected chi connectivity index (χ3v) is 6.00. The molecule has 2 atom stereocenters. The number of ether oxygens (including phenoxy) is 1. The van der Waals surface area contributed by atoms with Crippen molar-refractivity contribution >= 4 is 17.2 Å². The van der Waals surface area contributed by atoms with E-state index in [0.717, 1.165) is 22.6 Å². The quantitative estimate of drug-likeness (QED) is 0.474. The van der Waals surface area contributed by atoms with Crippen LogP contribution in [0.5, 0.6) is 5.75 Å². The topological polar surface area (TPSA) is 50.4 Å². The molecular formula is C26H21F3N2O2. The summed E-state index contributed by atoms with van der Waals surface area (Å²) < 4.78 is 42.5. The van der Waals surface area contributed by atoms with E-state index in [1.54, 1.807) is 6.07 Å². The van der Waals surface area contributed by atoms with E-state index in [4.69, 9.17) is 0 Å². The summed E-state index contributed by atoms with van der Waals surface area (Å²) in [4.78, 5) is 13.5. The molecule has 1 heterocycles. The Balaban J connectivity index is 1.58. The van der Waals surface area contributed by atoms with E-state index in [1.807, 2.05) is 54.6 Å². The van der Waals surface area contributed by atoms with Crippen molar-refractivity contribution in [3.8, 4) is 5.75 Å². The fourth-order valence-electron chi connectivity index (χ4n) is 4.59. The van der Waals surface area contributed by atoms with E-state index in [-0.39, 0.29) is 17.5 Å². The van der Waals surface area contributed by atoms with Gasteiger partial charge in [0.2, 0.25) is 0 Å². The number of anilines is 2. The van der Waals surface area contributed by atoms with Crippen molar-refractivity contribution in [1.82, 2.24) is 0 Å². The molecule has 2 aliphatic rings. The Morgan fingerprint density at radius 3 is 2.27 bits per heavy atom. The van der Waals surface area contributed by atoms with Gasteiger partial charge in [0.15, 0.2) is 5.78 Å². The molecule has 0 saturated carbocycles. The van der Waals surface area contributed by atoms with E-state index < -0.39 is 12.4 Å². The van der Waals surface area contributed by atoms with Crippen LogP contribution in [0.4, 0.5) is 24.5 Å². The third-order valence-electron chi connectivity index (χ3n) is 6.00. The summed E-state index contributed by atoms with van der Waals surface area (Å²) in [6, 6.07) is 22.6. The van der Waals surface area contributed by atoms with Crippen molar-refractivity contribution in [2.45, 2.75) is 31.2 Å². The van der Waals surface area contributed by atoms with Gasteiger partial charge >= 0.3 is 6.36 Å². The number of fused-ring (bicyclic) bond motifs is 1. The van der Waals surface area contributed by atoms with Crippen molar-refractivity contribution in [3.05, 3.63) is 101 Å². The highest BCUT2D eigenvalue weighted by Crippen LogP contribution is 2.44. The standard InChI is InChI=1S/C26H21F3N2O2/c27-26(28,29)33-19-10-6-9-17(13-19)25-24-22(30-20-11-4-5-12-21(20)31-25)14-18(15-23(24)32)16-7-2-1-3-8-16/h1-13,18,25,30-31H,14-15H2/t18-,25-/m1/s1. The highest BCUT2D eigenvalue weighted by Gasteiger charge is 2.36. The molecular weight excluding hydrogens is 429 g/mol. The Labute approximate surface area is 189 Å². The molecule has 5 rings (SSSR count). The summed E-state index contributed by atoms with van der Waals surface area (Å²) in [5, 5.41) is 6.80. The maximum atomic E-state index is 13.5. The van der Waals surface area contributed by atoms with Gasteiger partial charge in [0.1, 0.15) is 5.75 Å². The lowest BCUT2D eigenvalue weighted by atomic mass is 9.78. The molecule has 4 nitrogen and oxygen atoms in total. The molecule has 0 spiro atoms. The fraction of sp³-hybridized carbons (Fsp3) is 0.192. The first-order valence-corrected chi connectivity index (χ1v) is 10.7. The number of para-hydroxylation sites is 2. The van der Waals surface area contributed by atoms with Crippen molar-refractivity contribution < 1.29 is 22.7 Å². The van der Waals surface area contributed by atoms with Gasteiger partial charge < -0.3 is 15.4 Å². The molecule has 0 fully saturated rings. The molecule has 7 heteroatoms. The smallest absolute Gasteiger partial charge is 0.406 e. The molecule has 3 aromatic rings. The second kappa shape index (κ2) is 8.31. The predicted octanol–water partition coefficient (Wildman–Crippen LogP) is 6.56. The van der Waals surface area contributed by atoms with Gasteiger partial charge in [-0.3, -0.25) is 4.79 Å². The Hall–Kier alpha value is -3.74. The van der Waals surface area contributed by atoms with Gasteiger partial charge in [0.25, 0.3) is 0 Å². The molecule has 0 aromatic heterocycles. The van der Waals surface area contributed by atoms with E-state index in [1.165, 1.54) is 18.2 Å². The molecule has 3 aromatic carbocycles. The minimum Gasteiger partial charge on any atom is -0.406 e. The number of nitrogens with one attached hydrogen (secondary N) is 2. The SMILES string of the molecule is O=C1C[C@H](c2ccccc2)CC2=C1[C@@H](c1cccc(OC(F)(F)F)c1)Nc1ccccc1N2. The zero-order valence-electron chi connectivity index (χ0n) is 17.5. The number of Topliss-reactive ketones (excluding diaryl/α,β-unsaturated/α-hetero) is 1. The monoisotopic (exact) mass is 450 g/mol. The largest absolute Gasteiger partial charge is 0.573 e. The summed E-state index contributed by atoms with van der Waals surface area (Å²) in [6.07, 6.45) is -3.84. The molecule has 0 radical (unpaired) electrons. The highest BCUT2D eigenvalue weighted by molar-refractivity contribution is 6.01. The fourth-order valence-corrected chi connectivity index (χ4v) is 4.59. The number of benzene rings is 3. The molecule has 1 aliphatic heterocycles. The van der Waals surface area contributed by atoms with Crippen LogP contribution in [0.25, 0.3) is 0 Å². The van der Waals surface area contributed by atoms with Crippen LogP contribution >= 0.6 is 0 Å². The molecule has 0 unspecified atom stereocenters. The number of hydrogen-bond acceptors (Lipinski definition) is 4. The number of ketones is 1. The van der Waals surface area contributed by atoms with Gasteiger partial charge in [-0.05, 0) is 47.7 Å². The van der Waals surface area contributed by atoms with Crippen LogP contribution in [0.3, 0.4) is 0 Å². The second-order valence-corrected chi connectivity index (χ2v) is 8.20. The number of halogens is 3. The lowest BCUT2D eigenvalue weighted by molar-refractivity contribution is -0.274. The summed E-state index contributed by atoms with van der Waals surface area (Å²) in [7, 11) is 0. The zero-order valence-corrected chi connectivity index (χ0v) is 17.5. The average Bonchev–Trinajstić information content (AvgIpc) is 2.95. The zero-order chi connectivity index (χ0) is 23.0. The minimum absolute atomic E-state index is 0.0239. The number of carbonyl (C=O) groups excluding carboxylic acids is 1. The Morgan fingerprint density at radius 2 is 1.52 bits per heavy atom. The van der Waals surface area contributed by atoms with Crippen LogP contribution in [0.1, 0.15) is 35.9 Å². The first-order chi connectivity index (χ1) is 15.9.